The van der Waals surface area contributed by atoms with Gasteiger partial charge in [-0.1, -0.05) is 48.9 Å². The first kappa shape index (κ1) is 16.7. The first-order chi connectivity index (χ1) is 12.6. The molecule has 0 spiro atoms. The maximum absolute atomic E-state index is 12.9. The quantitative estimate of drug-likeness (QED) is 0.718. The molecule has 5 nitrogen and oxygen atoms in total. The van der Waals surface area contributed by atoms with E-state index in [9.17, 15) is 9.90 Å². The van der Waals surface area contributed by atoms with Crippen LogP contribution in [-0.2, 0) is 0 Å². The number of aromatic amines is 1. The van der Waals surface area contributed by atoms with Crippen LogP contribution < -0.4 is 0 Å². The number of halogens is 1. The molecule has 0 radical (unpaired) electrons. The van der Waals surface area contributed by atoms with Crippen molar-refractivity contribution in [1.29, 1.82) is 0 Å². The summed E-state index contributed by atoms with van der Waals surface area (Å²) in [6.45, 7) is 2.69. The Balaban J connectivity index is 1.93. The number of phenols is 1. The molecule has 2 aromatic carbocycles. The molecule has 2 N–H and O–H groups in total. The molecule has 4 rings (SSSR count). The van der Waals surface area contributed by atoms with E-state index in [-0.39, 0.29) is 17.7 Å². The van der Waals surface area contributed by atoms with E-state index in [0.29, 0.717) is 28.5 Å². The van der Waals surface area contributed by atoms with E-state index < -0.39 is 0 Å². The molecule has 6 heteroatoms. The van der Waals surface area contributed by atoms with Crippen LogP contribution in [0.3, 0.4) is 0 Å². The second-order valence-electron chi connectivity index (χ2n) is 6.33. The lowest BCUT2D eigenvalue weighted by molar-refractivity contribution is 0.0744. The molecule has 1 atom stereocenters. The maximum atomic E-state index is 12.9. The van der Waals surface area contributed by atoms with Gasteiger partial charge in [0.25, 0.3) is 5.91 Å². The van der Waals surface area contributed by atoms with Gasteiger partial charge in [-0.15, -0.1) is 0 Å². The Labute approximate surface area is 156 Å². The van der Waals surface area contributed by atoms with E-state index in [4.69, 9.17) is 11.6 Å². The number of amides is 1. The van der Waals surface area contributed by atoms with Crippen LogP contribution in [0.1, 0.15) is 41.0 Å². The van der Waals surface area contributed by atoms with Gasteiger partial charge < -0.3 is 10.0 Å². The largest absolute Gasteiger partial charge is 0.507 e. The number of aromatic hydroxyl groups is 1. The van der Waals surface area contributed by atoms with Crippen molar-refractivity contribution in [3.05, 3.63) is 70.4 Å². The van der Waals surface area contributed by atoms with Crippen LogP contribution in [0, 0.1) is 0 Å². The van der Waals surface area contributed by atoms with Gasteiger partial charge in [-0.3, -0.25) is 9.89 Å². The van der Waals surface area contributed by atoms with Crippen LogP contribution in [0.25, 0.3) is 11.3 Å². The predicted octanol–water partition coefficient (Wildman–Crippen LogP) is 4.39. The Morgan fingerprint density at radius 3 is 2.73 bits per heavy atom. The van der Waals surface area contributed by atoms with E-state index in [2.05, 4.69) is 10.2 Å². The van der Waals surface area contributed by atoms with Crippen molar-refractivity contribution in [2.75, 3.05) is 6.54 Å². The highest BCUT2D eigenvalue weighted by Crippen LogP contribution is 2.44. The summed E-state index contributed by atoms with van der Waals surface area (Å²) in [6, 6.07) is 14.5. The van der Waals surface area contributed by atoms with Crippen molar-refractivity contribution < 1.29 is 9.90 Å². The number of benzene rings is 2. The molecule has 132 valence electrons. The number of carbonyl (C=O) groups is 1. The molecule has 3 aromatic rings. The fraction of sp³-hybridized carbons (Fsp3) is 0.200. The van der Waals surface area contributed by atoms with Gasteiger partial charge >= 0.3 is 0 Å². The summed E-state index contributed by atoms with van der Waals surface area (Å²) in [7, 11) is 0. The Morgan fingerprint density at radius 1 is 1.23 bits per heavy atom. The van der Waals surface area contributed by atoms with Crippen LogP contribution in [0.4, 0.5) is 0 Å². The Morgan fingerprint density at radius 2 is 2.00 bits per heavy atom. The highest BCUT2D eigenvalue weighted by molar-refractivity contribution is 6.31. The minimum absolute atomic E-state index is 0.0732. The van der Waals surface area contributed by atoms with Crippen molar-refractivity contribution >= 4 is 17.5 Å². The van der Waals surface area contributed by atoms with Crippen LogP contribution in [0.5, 0.6) is 5.75 Å². The van der Waals surface area contributed by atoms with Gasteiger partial charge in [-0.05, 0) is 30.2 Å². The fourth-order valence-corrected chi connectivity index (χ4v) is 3.73. The number of nitrogens with one attached hydrogen (secondary N) is 1. The van der Waals surface area contributed by atoms with Crippen molar-refractivity contribution in [2.24, 2.45) is 0 Å². The number of phenolic OH excluding ortho intramolecular Hbond substituents is 1. The van der Waals surface area contributed by atoms with Crippen molar-refractivity contribution in [3.8, 4) is 17.0 Å². The lowest BCUT2D eigenvalue weighted by Gasteiger charge is -2.26. The highest BCUT2D eigenvalue weighted by Gasteiger charge is 2.41. The highest BCUT2D eigenvalue weighted by atomic mass is 35.5. The van der Waals surface area contributed by atoms with Gasteiger partial charge in [0, 0.05) is 22.7 Å². The van der Waals surface area contributed by atoms with Gasteiger partial charge in [-0.25, -0.2) is 0 Å². The molecule has 1 unspecified atom stereocenters. The van der Waals surface area contributed by atoms with E-state index in [1.807, 2.05) is 42.2 Å². The summed E-state index contributed by atoms with van der Waals surface area (Å²) in [5.74, 6) is 0.00729. The maximum Gasteiger partial charge on any atom is 0.273 e. The lowest BCUT2D eigenvalue weighted by Crippen LogP contribution is -2.30. The topological polar surface area (TPSA) is 69.2 Å². The molecule has 0 saturated heterocycles. The summed E-state index contributed by atoms with van der Waals surface area (Å²) >= 11 is 6.12. The summed E-state index contributed by atoms with van der Waals surface area (Å²) in [5, 5.41) is 18.0. The third-order valence-corrected chi connectivity index (χ3v) is 4.89. The molecule has 1 aliphatic rings. The van der Waals surface area contributed by atoms with Gasteiger partial charge in [0.2, 0.25) is 0 Å². The summed E-state index contributed by atoms with van der Waals surface area (Å²) in [6.07, 6.45) is 0.852. The third kappa shape index (κ3) is 2.56. The first-order valence-electron chi connectivity index (χ1n) is 8.55. The average molecular weight is 368 g/mol. The lowest BCUT2D eigenvalue weighted by atomic mass is 9.95. The van der Waals surface area contributed by atoms with Gasteiger partial charge in [0.1, 0.15) is 17.1 Å². The van der Waals surface area contributed by atoms with E-state index in [0.717, 1.165) is 17.5 Å². The molecule has 1 amide bonds. The molecule has 1 aromatic heterocycles. The van der Waals surface area contributed by atoms with E-state index in [1.165, 1.54) is 6.07 Å². The van der Waals surface area contributed by atoms with Crippen molar-refractivity contribution in [2.45, 2.75) is 19.4 Å². The van der Waals surface area contributed by atoms with E-state index >= 15 is 0 Å². The zero-order chi connectivity index (χ0) is 18.3. The normalized spacial score (nSPS) is 16.2. The molecule has 0 bridgehead atoms. The minimum atomic E-state index is -0.245. The smallest absolute Gasteiger partial charge is 0.273 e. The van der Waals surface area contributed by atoms with Crippen molar-refractivity contribution in [3.63, 3.8) is 0 Å². The van der Waals surface area contributed by atoms with Gasteiger partial charge in [0.15, 0.2) is 0 Å². The molecule has 0 aliphatic carbocycles. The number of carbonyl (C=O) groups excluding carboxylic acids is 1. The van der Waals surface area contributed by atoms with Crippen LogP contribution in [0.2, 0.25) is 5.02 Å². The predicted molar refractivity (Wildman–Crippen MR) is 100 cm³/mol. The number of nitrogens with zero attached hydrogens (tertiary/aromatic N) is 2. The second kappa shape index (κ2) is 6.50. The molecular formula is C20H18ClN3O2. The molecular weight excluding hydrogens is 350 g/mol. The molecule has 1 aliphatic heterocycles. The standard InChI is InChI=1S/C20H18ClN3O2/c1-2-10-24-19(12-6-4-3-5-7-12)16-17(22-23-18(16)20(24)26)14-11-13(21)8-9-15(14)25/h3-9,11,19,25H,2,10H2,1H3,(H,22,23). The number of hydrogen-bond acceptors (Lipinski definition) is 3. The number of hydrogen-bond donors (Lipinski definition) is 2. The Kier molecular flexibility index (Phi) is 4.17. The molecule has 0 fully saturated rings. The average Bonchev–Trinajstić information content (AvgIpc) is 3.18. The molecule has 0 saturated carbocycles. The summed E-state index contributed by atoms with van der Waals surface area (Å²) in [4.78, 5) is 14.8. The Bertz CT molecular complexity index is 968. The van der Waals surface area contributed by atoms with Gasteiger partial charge in [0.05, 0.1) is 6.04 Å². The number of rotatable bonds is 4. The SMILES string of the molecule is CCCN1C(=O)c2[nH]nc(-c3cc(Cl)ccc3O)c2C1c1ccccc1. The van der Waals surface area contributed by atoms with Crippen LogP contribution in [0.15, 0.2) is 48.5 Å². The second-order valence-corrected chi connectivity index (χ2v) is 6.77. The first-order valence-corrected chi connectivity index (χ1v) is 8.92. The Hall–Kier alpha value is -2.79. The molecule has 2 heterocycles. The number of aromatic nitrogens is 2. The third-order valence-electron chi connectivity index (χ3n) is 4.66. The molecule has 26 heavy (non-hydrogen) atoms. The van der Waals surface area contributed by atoms with Gasteiger partial charge in [-0.2, -0.15) is 5.10 Å². The number of fused-ring (bicyclic) bond motifs is 1. The summed E-state index contributed by atoms with van der Waals surface area (Å²) in [5.41, 5.74) is 3.34. The minimum Gasteiger partial charge on any atom is -0.507 e. The number of H-pyrrole nitrogens is 1. The zero-order valence-corrected chi connectivity index (χ0v) is 15.0. The fourth-order valence-electron chi connectivity index (χ4n) is 3.55. The van der Waals surface area contributed by atoms with E-state index in [1.54, 1.807) is 12.1 Å². The zero-order valence-electron chi connectivity index (χ0n) is 14.2. The van der Waals surface area contributed by atoms with Crippen molar-refractivity contribution in [1.82, 2.24) is 15.1 Å². The van der Waals surface area contributed by atoms with Crippen LogP contribution in [-0.4, -0.2) is 32.7 Å². The monoisotopic (exact) mass is 367 g/mol. The van der Waals surface area contributed by atoms with Crippen LogP contribution >= 0.6 is 11.6 Å². The summed E-state index contributed by atoms with van der Waals surface area (Å²) < 4.78 is 0.